The van der Waals surface area contributed by atoms with Gasteiger partial charge in [0.1, 0.15) is 17.0 Å². The van der Waals surface area contributed by atoms with Crippen molar-refractivity contribution >= 4 is 22.8 Å². The second kappa shape index (κ2) is 7.06. The van der Waals surface area contributed by atoms with E-state index < -0.39 is 11.9 Å². The standard InChI is InChI=1S/C18H16FN7O2/c1-10(12-6-5-11(19)8-21-12)26-15-14(24-18(26)27)9-22-17(25-15)23-13-4-3-7-20-16(13)28-2/h3-10H,1-2H3,(H,24,27)(H,22,23,25). The van der Waals surface area contributed by atoms with Gasteiger partial charge in [0, 0.05) is 6.20 Å². The molecule has 1 atom stereocenters. The number of rotatable bonds is 5. The number of pyridine rings is 2. The highest BCUT2D eigenvalue weighted by atomic mass is 19.1. The van der Waals surface area contributed by atoms with Gasteiger partial charge in [-0.15, -0.1) is 0 Å². The van der Waals surface area contributed by atoms with Gasteiger partial charge in [-0.2, -0.15) is 4.98 Å². The molecular weight excluding hydrogens is 365 g/mol. The highest BCUT2D eigenvalue weighted by Gasteiger charge is 2.18. The average Bonchev–Trinajstić information content (AvgIpc) is 3.03. The van der Waals surface area contributed by atoms with Gasteiger partial charge >= 0.3 is 5.69 Å². The Labute approximate surface area is 158 Å². The zero-order valence-corrected chi connectivity index (χ0v) is 15.0. The lowest BCUT2D eigenvalue weighted by atomic mass is 10.2. The van der Waals surface area contributed by atoms with E-state index in [0.29, 0.717) is 28.4 Å². The molecule has 0 saturated heterocycles. The first kappa shape index (κ1) is 17.6. The van der Waals surface area contributed by atoms with Crippen molar-refractivity contribution in [2.45, 2.75) is 13.0 Å². The third kappa shape index (κ3) is 3.15. The summed E-state index contributed by atoms with van der Waals surface area (Å²) in [7, 11) is 1.51. The molecule has 4 aromatic heterocycles. The number of hydrogen-bond acceptors (Lipinski definition) is 7. The van der Waals surface area contributed by atoms with Crippen molar-refractivity contribution in [2.24, 2.45) is 0 Å². The van der Waals surface area contributed by atoms with E-state index in [1.807, 2.05) is 0 Å². The Balaban J connectivity index is 1.76. The van der Waals surface area contributed by atoms with Gasteiger partial charge in [-0.1, -0.05) is 0 Å². The second-order valence-electron chi connectivity index (χ2n) is 5.99. The maximum absolute atomic E-state index is 13.2. The lowest BCUT2D eigenvalue weighted by Crippen LogP contribution is -2.22. The minimum absolute atomic E-state index is 0.269. The summed E-state index contributed by atoms with van der Waals surface area (Å²) in [6, 6.07) is 5.89. The Morgan fingerprint density at radius 3 is 2.82 bits per heavy atom. The van der Waals surface area contributed by atoms with E-state index >= 15 is 0 Å². The fourth-order valence-electron chi connectivity index (χ4n) is 2.87. The molecule has 0 aliphatic rings. The third-order valence-electron chi connectivity index (χ3n) is 4.23. The van der Waals surface area contributed by atoms with Crippen LogP contribution < -0.4 is 15.7 Å². The maximum atomic E-state index is 13.2. The molecule has 4 aromatic rings. The molecule has 2 N–H and O–H groups in total. The zero-order chi connectivity index (χ0) is 19.7. The van der Waals surface area contributed by atoms with Gasteiger partial charge in [-0.25, -0.2) is 19.2 Å². The molecule has 0 spiro atoms. The lowest BCUT2D eigenvalue weighted by molar-refractivity contribution is 0.400. The number of fused-ring (bicyclic) bond motifs is 1. The summed E-state index contributed by atoms with van der Waals surface area (Å²) < 4.78 is 19.8. The van der Waals surface area contributed by atoms with E-state index in [1.165, 1.54) is 30.0 Å². The van der Waals surface area contributed by atoms with Crippen LogP contribution in [0.4, 0.5) is 16.0 Å². The van der Waals surface area contributed by atoms with Crippen molar-refractivity contribution in [2.75, 3.05) is 12.4 Å². The zero-order valence-electron chi connectivity index (χ0n) is 15.0. The van der Waals surface area contributed by atoms with Gasteiger partial charge < -0.3 is 15.0 Å². The topological polar surface area (TPSA) is 111 Å². The average molecular weight is 381 g/mol. The summed E-state index contributed by atoms with van der Waals surface area (Å²) in [5.74, 6) is 0.216. The number of halogens is 1. The lowest BCUT2D eigenvalue weighted by Gasteiger charge is -2.13. The number of hydrogen-bond donors (Lipinski definition) is 2. The molecule has 0 saturated carbocycles. The first-order valence-electron chi connectivity index (χ1n) is 8.41. The molecule has 142 valence electrons. The van der Waals surface area contributed by atoms with Crippen molar-refractivity contribution in [3.8, 4) is 5.88 Å². The first-order chi connectivity index (χ1) is 13.6. The van der Waals surface area contributed by atoms with Gasteiger partial charge in [0.05, 0.1) is 31.2 Å². The van der Waals surface area contributed by atoms with Crippen LogP contribution in [0, 0.1) is 5.82 Å². The quantitative estimate of drug-likeness (QED) is 0.546. The molecule has 0 aliphatic carbocycles. The summed E-state index contributed by atoms with van der Waals surface area (Å²) in [4.78, 5) is 32.0. The van der Waals surface area contributed by atoms with Gasteiger partial charge in [0.2, 0.25) is 11.8 Å². The van der Waals surface area contributed by atoms with E-state index in [2.05, 4.69) is 30.2 Å². The van der Waals surface area contributed by atoms with Crippen LogP contribution in [0.1, 0.15) is 18.7 Å². The Bertz CT molecular complexity index is 1190. The molecule has 0 fully saturated rings. The van der Waals surface area contributed by atoms with Crippen molar-refractivity contribution in [1.29, 1.82) is 0 Å². The van der Waals surface area contributed by atoms with Crippen LogP contribution >= 0.6 is 0 Å². The predicted molar refractivity (Wildman–Crippen MR) is 100 cm³/mol. The van der Waals surface area contributed by atoms with Crippen molar-refractivity contribution in [3.05, 3.63) is 64.9 Å². The molecule has 1 unspecified atom stereocenters. The summed E-state index contributed by atoms with van der Waals surface area (Å²) in [6.07, 6.45) is 4.23. The van der Waals surface area contributed by atoms with E-state index in [4.69, 9.17) is 4.74 Å². The number of aromatic amines is 1. The number of anilines is 2. The van der Waals surface area contributed by atoms with Crippen LogP contribution in [0.15, 0.2) is 47.7 Å². The minimum Gasteiger partial charge on any atom is -0.480 e. The number of nitrogens with zero attached hydrogens (tertiary/aromatic N) is 5. The second-order valence-corrected chi connectivity index (χ2v) is 5.99. The number of ether oxygens (including phenoxy) is 1. The Kier molecular flexibility index (Phi) is 4.44. The molecule has 28 heavy (non-hydrogen) atoms. The summed E-state index contributed by atoms with van der Waals surface area (Å²) in [5, 5.41) is 3.03. The maximum Gasteiger partial charge on any atom is 0.328 e. The Morgan fingerprint density at radius 2 is 2.07 bits per heavy atom. The van der Waals surface area contributed by atoms with E-state index in [9.17, 15) is 9.18 Å². The highest BCUT2D eigenvalue weighted by molar-refractivity contribution is 5.72. The number of imidazole rings is 1. The van der Waals surface area contributed by atoms with Crippen LogP contribution in [0.2, 0.25) is 0 Å². The molecule has 0 amide bonds. The van der Waals surface area contributed by atoms with E-state index in [-0.39, 0.29) is 11.6 Å². The highest BCUT2D eigenvalue weighted by Crippen LogP contribution is 2.24. The molecule has 0 bridgehead atoms. The van der Waals surface area contributed by atoms with Gasteiger partial charge in [0.15, 0.2) is 5.65 Å². The van der Waals surface area contributed by atoms with E-state index in [0.717, 1.165) is 6.20 Å². The van der Waals surface area contributed by atoms with Crippen LogP contribution in [-0.4, -0.2) is 36.6 Å². The van der Waals surface area contributed by atoms with Gasteiger partial charge in [-0.3, -0.25) is 9.55 Å². The Morgan fingerprint density at radius 1 is 1.21 bits per heavy atom. The SMILES string of the molecule is COc1ncccc1Nc1ncc2[nH]c(=O)n(C(C)c3ccc(F)cn3)c2n1. The molecule has 4 heterocycles. The van der Waals surface area contributed by atoms with Crippen LogP contribution in [0.3, 0.4) is 0 Å². The molecule has 0 radical (unpaired) electrons. The fraction of sp³-hybridized carbons (Fsp3) is 0.167. The van der Waals surface area contributed by atoms with E-state index in [1.54, 1.807) is 25.3 Å². The molecule has 9 nitrogen and oxygen atoms in total. The van der Waals surface area contributed by atoms with Crippen LogP contribution in [0.5, 0.6) is 5.88 Å². The van der Waals surface area contributed by atoms with Crippen LogP contribution in [0.25, 0.3) is 11.2 Å². The summed E-state index contributed by atoms with van der Waals surface area (Å²) >= 11 is 0. The summed E-state index contributed by atoms with van der Waals surface area (Å²) in [5.41, 5.74) is 1.62. The number of aromatic nitrogens is 6. The number of nitrogens with one attached hydrogen (secondary N) is 2. The third-order valence-corrected chi connectivity index (χ3v) is 4.23. The minimum atomic E-state index is -0.461. The predicted octanol–water partition coefficient (Wildman–Crippen LogP) is 2.41. The molecule has 0 aromatic carbocycles. The monoisotopic (exact) mass is 381 g/mol. The molecule has 4 rings (SSSR count). The van der Waals surface area contributed by atoms with Crippen molar-refractivity contribution in [3.63, 3.8) is 0 Å². The normalized spacial score (nSPS) is 12.1. The van der Waals surface area contributed by atoms with Gasteiger partial charge in [-0.05, 0) is 31.2 Å². The van der Waals surface area contributed by atoms with Crippen LogP contribution in [-0.2, 0) is 0 Å². The molecule has 10 heteroatoms. The number of H-pyrrole nitrogens is 1. The summed E-state index contributed by atoms with van der Waals surface area (Å²) in [6.45, 7) is 1.79. The molecular formula is C18H16FN7O2. The number of methoxy groups -OCH3 is 1. The Hall–Kier alpha value is -3.82. The first-order valence-corrected chi connectivity index (χ1v) is 8.41. The largest absolute Gasteiger partial charge is 0.480 e. The van der Waals surface area contributed by atoms with Crippen molar-refractivity contribution in [1.82, 2.24) is 29.5 Å². The fourth-order valence-corrected chi connectivity index (χ4v) is 2.87. The smallest absolute Gasteiger partial charge is 0.328 e. The van der Waals surface area contributed by atoms with Crippen molar-refractivity contribution < 1.29 is 9.13 Å². The molecule has 0 aliphatic heterocycles. The van der Waals surface area contributed by atoms with Gasteiger partial charge in [0.25, 0.3) is 0 Å².